The number of nitrogens with one attached hydrogen (secondary N) is 1. The number of hydrogen-bond donors (Lipinski definition) is 1. The normalized spacial score (nSPS) is 13.4. The number of nitrogens with zero attached hydrogens (tertiary/aromatic N) is 2. The second-order valence-electron chi connectivity index (χ2n) is 4.72. The third-order valence-corrected chi connectivity index (χ3v) is 3.36. The standard InChI is InChI=1S/C15H16FN3/c1-2-17-15-12-7-4-8-13(12)18-14(19-15)10-5-3-6-11(16)9-10/h3,5-6,9H,2,4,7-8H2,1H3,(H,17,18,19). The summed E-state index contributed by atoms with van der Waals surface area (Å²) in [6.45, 7) is 2.87. The van der Waals surface area contributed by atoms with Crippen molar-refractivity contribution in [2.24, 2.45) is 0 Å². The van der Waals surface area contributed by atoms with Crippen molar-refractivity contribution in [2.45, 2.75) is 26.2 Å². The second kappa shape index (κ2) is 4.96. The van der Waals surface area contributed by atoms with E-state index in [2.05, 4.69) is 15.3 Å². The van der Waals surface area contributed by atoms with Crippen LogP contribution in [0.2, 0.25) is 0 Å². The molecule has 0 saturated heterocycles. The van der Waals surface area contributed by atoms with Crippen LogP contribution in [0.5, 0.6) is 0 Å². The third-order valence-electron chi connectivity index (χ3n) is 3.36. The minimum atomic E-state index is -0.258. The highest BCUT2D eigenvalue weighted by atomic mass is 19.1. The van der Waals surface area contributed by atoms with Gasteiger partial charge in [-0.15, -0.1) is 0 Å². The van der Waals surface area contributed by atoms with Crippen molar-refractivity contribution in [3.63, 3.8) is 0 Å². The fourth-order valence-electron chi connectivity index (χ4n) is 2.50. The molecule has 19 heavy (non-hydrogen) atoms. The van der Waals surface area contributed by atoms with E-state index in [0.717, 1.165) is 42.9 Å². The number of aromatic nitrogens is 2. The summed E-state index contributed by atoms with van der Waals surface area (Å²) in [6, 6.07) is 6.44. The maximum Gasteiger partial charge on any atom is 0.161 e. The second-order valence-corrected chi connectivity index (χ2v) is 4.72. The van der Waals surface area contributed by atoms with E-state index in [0.29, 0.717) is 5.82 Å². The molecule has 0 amide bonds. The van der Waals surface area contributed by atoms with Crippen LogP contribution < -0.4 is 5.32 Å². The van der Waals surface area contributed by atoms with Crippen LogP contribution in [-0.4, -0.2) is 16.5 Å². The Morgan fingerprint density at radius 2 is 2.16 bits per heavy atom. The van der Waals surface area contributed by atoms with Gasteiger partial charge in [-0.3, -0.25) is 0 Å². The summed E-state index contributed by atoms with van der Waals surface area (Å²) in [4.78, 5) is 9.15. The van der Waals surface area contributed by atoms with Gasteiger partial charge < -0.3 is 5.32 Å². The Morgan fingerprint density at radius 1 is 1.26 bits per heavy atom. The Labute approximate surface area is 111 Å². The van der Waals surface area contributed by atoms with Gasteiger partial charge in [-0.25, -0.2) is 14.4 Å². The maximum absolute atomic E-state index is 13.3. The lowest BCUT2D eigenvalue weighted by Gasteiger charge is -2.11. The zero-order valence-corrected chi connectivity index (χ0v) is 10.9. The molecule has 3 nitrogen and oxygen atoms in total. The summed E-state index contributed by atoms with van der Waals surface area (Å²) in [5, 5.41) is 3.29. The first-order chi connectivity index (χ1) is 9.28. The highest BCUT2D eigenvalue weighted by molar-refractivity contribution is 5.60. The average molecular weight is 257 g/mol. The maximum atomic E-state index is 13.3. The van der Waals surface area contributed by atoms with Crippen molar-refractivity contribution in [3.8, 4) is 11.4 Å². The van der Waals surface area contributed by atoms with Crippen molar-refractivity contribution in [1.29, 1.82) is 0 Å². The molecule has 4 heteroatoms. The van der Waals surface area contributed by atoms with Crippen molar-refractivity contribution in [2.75, 3.05) is 11.9 Å². The molecule has 1 heterocycles. The molecule has 0 saturated carbocycles. The molecule has 2 aromatic rings. The molecular formula is C15H16FN3. The smallest absolute Gasteiger partial charge is 0.161 e. The molecule has 0 spiro atoms. The molecule has 0 atom stereocenters. The third kappa shape index (κ3) is 2.30. The Bertz CT molecular complexity index is 610. The minimum absolute atomic E-state index is 0.258. The summed E-state index contributed by atoms with van der Waals surface area (Å²) < 4.78 is 13.3. The van der Waals surface area contributed by atoms with Crippen molar-refractivity contribution in [3.05, 3.63) is 41.3 Å². The molecule has 1 aliphatic carbocycles. The SMILES string of the molecule is CCNc1nc(-c2cccc(F)c2)nc2c1CCC2. The highest BCUT2D eigenvalue weighted by Crippen LogP contribution is 2.29. The summed E-state index contributed by atoms with van der Waals surface area (Å²) in [6.07, 6.45) is 3.13. The van der Waals surface area contributed by atoms with Gasteiger partial charge in [0, 0.05) is 23.4 Å². The molecule has 1 N–H and O–H groups in total. The van der Waals surface area contributed by atoms with Crippen molar-refractivity contribution >= 4 is 5.82 Å². The molecule has 0 radical (unpaired) electrons. The Hall–Kier alpha value is -1.97. The number of anilines is 1. The number of fused-ring (bicyclic) bond motifs is 1. The van der Waals surface area contributed by atoms with Crippen LogP contribution >= 0.6 is 0 Å². The van der Waals surface area contributed by atoms with Gasteiger partial charge in [0.2, 0.25) is 0 Å². The first kappa shape index (κ1) is 12.1. The molecule has 3 rings (SSSR count). The number of hydrogen-bond acceptors (Lipinski definition) is 3. The van der Waals surface area contributed by atoms with Crippen molar-refractivity contribution in [1.82, 2.24) is 9.97 Å². The molecule has 98 valence electrons. The number of benzene rings is 1. The first-order valence-electron chi connectivity index (χ1n) is 6.67. The minimum Gasteiger partial charge on any atom is -0.370 e. The van der Waals surface area contributed by atoms with Gasteiger partial charge in [-0.1, -0.05) is 12.1 Å². The van der Waals surface area contributed by atoms with E-state index in [9.17, 15) is 4.39 Å². The molecule has 0 bridgehead atoms. The zero-order chi connectivity index (χ0) is 13.2. The lowest BCUT2D eigenvalue weighted by atomic mass is 10.2. The fraction of sp³-hybridized carbons (Fsp3) is 0.333. The van der Waals surface area contributed by atoms with Crippen LogP contribution in [-0.2, 0) is 12.8 Å². The van der Waals surface area contributed by atoms with E-state index in [1.165, 1.54) is 17.7 Å². The molecule has 0 unspecified atom stereocenters. The Balaban J connectivity index is 2.10. The predicted molar refractivity (Wildman–Crippen MR) is 73.6 cm³/mol. The summed E-state index contributed by atoms with van der Waals surface area (Å²) in [5.41, 5.74) is 3.06. The largest absolute Gasteiger partial charge is 0.370 e. The molecule has 0 aliphatic heterocycles. The molecular weight excluding hydrogens is 241 g/mol. The molecule has 1 aromatic heterocycles. The van der Waals surface area contributed by atoms with Gasteiger partial charge in [0.1, 0.15) is 11.6 Å². The van der Waals surface area contributed by atoms with E-state index in [-0.39, 0.29) is 5.82 Å². The van der Waals surface area contributed by atoms with Crippen LogP contribution in [0.4, 0.5) is 10.2 Å². The molecule has 1 aliphatic rings. The zero-order valence-electron chi connectivity index (χ0n) is 10.9. The van der Waals surface area contributed by atoms with Gasteiger partial charge in [-0.05, 0) is 38.3 Å². The van der Waals surface area contributed by atoms with E-state index in [1.54, 1.807) is 6.07 Å². The van der Waals surface area contributed by atoms with Crippen LogP contribution in [0.15, 0.2) is 24.3 Å². The topological polar surface area (TPSA) is 37.8 Å². The molecule has 1 aromatic carbocycles. The van der Waals surface area contributed by atoms with Crippen LogP contribution in [0.3, 0.4) is 0 Å². The highest BCUT2D eigenvalue weighted by Gasteiger charge is 2.19. The molecule has 0 fully saturated rings. The van der Waals surface area contributed by atoms with Crippen molar-refractivity contribution < 1.29 is 4.39 Å². The lowest BCUT2D eigenvalue weighted by Crippen LogP contribution is -2.06. The Kier molecular flexibility index (Phi) is 3.15. The van der Waals surface area contributed by atoms with E-state index < -0.39 is 0 Å². The monoisotopic (exact) mass is 257 g/mol. The van der Waals surface area contributed by atoms with E-state index in [1.807, 2.05) is 13.0 Å². The first-order valence-corrected chi connectivity index (χ1v) is 6.67. The van der Waals surface area contributed by atoms with E-state index in [4.69, 9.17) is 0 Å². The lowest BCUT2D eigenvalue weighted by molar-refractivity contribution is 0.628. The average Bonchev–Trinajstić information content (AvgIpc) is 2.87. The van der Waals surface area contributed by atoms with Crippen LogP contribution in [0, 0.1) is 5.82 Å². The van der Waals surface area contributed by atoms with Gasteiger partial charge in [0.15, 0.2) is 5.82 Å². The van der Waals surface area contributed by atoms with Crippen LogP contribution in [0.1, 0.15) is 24.6 Å². The summed E-state index contributed by atoms with van der Waals surface area (Å²) >= 11 is 0. The predicted octanol–water partition coefficient (Wildman–Crippen LogP) is 3.20. The van der Waals surface area contributed by atoms with Gasteiger partial charge in [-0.2, -0.15) is 0 Å². The fourth-order valence-corrected chi connectivity index (χ4v) is 2.50. The van der Waals surface area contributed by atoms with Gasteiger partial charge in [0.25, 0.3) is 0 Å². The summed E-state index contributed by atoms with van der Waals surface area (Å²) in [5.74, 6) is 1.26. The quantitative estimate of drug-likeness (QED) is 0.917. The van der Waals surface area contributed by atoms with Gasteiger partial charge >= 0.3 is 0 Å². The Morgan fingerprint density at radius 3 is 2.95 bits per heavy atom. The van der Waals surface area contributed by atoms with Gasteiger partial charge in [0.05, 0.1) is 0 Å². The summed E-state index contributed by atoms with van der Waals surface area (Å²) in [7, 11) is 0. The number of rotatable bonds is 3. The number of halogens is 1. The number of aryl methyl sites for hydroxylation is 1. The van der Waals surface area contributed by atoms with E-state index >= 15 is 0 Å². The van der Waals surface area contributed by atoms with Crippen LogP contribution in [0.25, 0.3) is 11.4 Å².